The molecule has 98 valence electrons. The highest BCUT2D eigenvalue weighted by Crippen LogP contribution is 2.32. The molecule has 0 atom stereocenters. The number of hydrogen-bond acceptors (Lipinski definition) is 3. The summed E-state index contributed by atoms with van der Waals surface area (Å²) < 4.78 is 5.65. The van der Waals surface area contributed by atoms with E-state index in [4.69, 9.17) is 10.5 Å². The Morgan fingerprint density at radius 2 is 2.28 bits per heavy atom. The Balaban J connectivity index is 1.98. The number of amides is 1. The van der Waals surface area contributed by atoms with Crippen LogP contribution >= 0.6 is 0 Å². The van der Waals surface area contributed by atoms with Crippen molar-refractivity contribution in [2.45, 2.75) is 26.2 Å². The van der Waals surface area contributed by atoms with E-state index in [1.807, 2.05) is 6.92 Å². The zero-order valence-corrected chi connectivity index (χ0v) is 10.7. The van der Waals surface area contributed by atoms with Crippen LogP contribution in [-0.4, -0.2) is 19.1 Å². The van der Waals surface area contributed by atoms with Crippen LogP contribution < -0.4 is 15.8 Å². The van der Waals surface area contributed by atoms with Gasteiger partial charge in [0.25, 0.3) is 5.91 Å². The Hall–Kier alpha value is -1.71. The lowest BCUT2D eigenvalue weighted by Gasteiger charge is -2.10. The van der Waals surface area contributed by atoms with Gasteiger partial charge in [-0.1, -0.05) is 12.8 Å². The number of benzene rings is 1. The maximum Gasteiger partial charge on any atom is 0.251 e. The predicted octanol–water partition coefficient (Wildman–Crippen LogP) is 2.20. The molecule has 4 nitrogen and oxygen atoms in total. The Labute approximate surface area is 108 Å². The number of ether oxygens (including phenoxy) is 1. The highest BCUT2D eigenvalue weighted by Gasteiger charge is 2.20. The molecule has 1 aromatic rings. The van der Waals surface area contributed by atoms with Crippen LogP contribution in [0.5, 0.6) is 5.75 Å². The normalized spacial score (nSPS) is 14.3. The maximum atomic E-state index is 11.7. The molecule has 4 heteroatoms. The first-order valence-electron chi connectivity index (χ1n) is 6.51. The monoisotopic (exact) mass is 248 g/mol. The van der Waals surface area contributed by atoms with Gasteiger partial charge in [0.1, 0.15) is 5.75 Å². The van der Waals surface area contributed by atoms with E-state index in [1.165, 1.54) is 12.8 Å². The second kappa shape index (κ2) is 5.76. The molecule has 18 heavy (non-hydrogen) atoms. The maximum absolute atomic E-state index is 11.7. The van der Waals surface area contributed by atoms with E-state index in [2.05, 4.69) is 5.32 Å². The average molecular weight is 248 g/mol. The van der Waals surface area contributed by atoms with Crippen LogP contribution in [-0.2, 0) is 0 Å². The summed E-state index contributed by atoms with van der Waals surface area (Å²) in [6.07, 6.45) is 3.71. The second-order valence-corrected chi connectivity index (χ2v) is 4.69. The molecule has 0 saturated heterocycles. The Bertz CT molecular complexity index is 428. The van der Waals surface area contributed by atoms with Crippen molar-refractivity contribution in [3.63, 3.8) is 0 Å². The number of hydrogen-bond donors (Lipinski definition) is 2. The standard InChI is InChI=1S/C14H20N2O2/c1-2-16-14(17)11-5-6-12(15)13(9-11)18-8-7-10-3-4-10/h5-6,9-10H,2-4,7-8,15H2,1H3,(H,16,17). The fourth-order valence-corrected chi connectivity index (χ4v) is 1.81. The molecule has 1 amide bonds. The Morgan fingerprint density at radius 3 is 2.94 bits per heavy atom. The minimum atomic E-state index is -0.0930. The number of rotatable bonds is 6. The van der Waals surface area contributed by atoms with E-state index in [1.54, 1.807) is 18.2 Å². The topological polar surface area (TPSA) is 64.4 Å². The molecule has 1 aliphatic carbocycles. The summed E-state index contributed by atoms with van der Waals surface area (Å²) in [4.78, 5) is 11.7. The fraction of sp³-hybridized carbons (Fsp3) is 0.500. The molecule has 0 bridgehead atoms. The largest absolute Gasteiger partial charge is 0.491 e. The van der Waals surface area contributed by atoms with Crippen molar-refractivity contribution in [1.29, 1.82) is 0 Å². The molecule has 1 fully saturated rings. The van der Waals surface area contributed by atoms with Gasteiger partial charge in [0, 0.05) is 12.1 Å². The first-order valence-corrected chi connectivity index (χ1v) is 6.51. The summed E-state index contributed by atoms with van der Waals surface area (Å²) in [7, 11) is 0. The molecule has 2 rings (SSSR count). The highest BCUT2D eigenvalue weighted by molar-refractivity contribution is 5.95. The molecule has 0 unspecified atom stereocenters. The fourth-order valence-electron chi connectivity index (χ4n) is 1.81. The third-order valence-electron chi connectivity index (χ3n) is 3.09. The second-order valence-electron chi connectivity index (χ2n) is 4.69. The third-order valence-corrected chi connectivity index (χ3v) is 3.09. The van der Waals surface area contributed by atoms with Gasteiger partial charge in [-0.05, 0) is 37.5 Å². The molecule has 0 spiro atoms. The molecule has 0 heterocycles. The summed E-state index contributed by atoms with van der Waals surface area (Å²) in [6, 6.07) is 5.15. The molecule has 0 aliphatic heterocycles. The Kier molecular flexibility index (Phi) is 4.07. The van der Waals surface area contributed by atoms with Gasteiger partial charge in [-0.3, -0.25) is 4.79 Å². The van der Waals surface area contributed by atoms with Crippen molar-refractivity contribution in [1.82, 2.24) is 5.32 Å². The van der Waals surface area contributed by atoms with Crippen LogP contribution in [0.4, 0.5) is 5.69 Å². The minimum absolute atomic E-state index is 0.0930. The van der Waals surface area contributed by atoms with Crippen molar-refractivity contribution in [3.05, 3.63) is 23.8 Å². The van der Waals surface area contributed by atoms with Crippen LogP contribution in [0.2, 0.25) is 0 Å². The quantitative estimate of drug-likeness (QED) is 0.758. The van der Waals surface area contributed by atoms with E-state index >= 15 is 0 Å². The van der Waals surface area contributed by atoms with Gasteiger partial charge in [0.15, 0.2) is 0 Å². The van der Waals surface area contributed by atoms with Gasteiger partial charge in [0.05, 0.1) is 12.3 Å². The highest BCUT2D eigenvalue weighted by atomic mass is 16.5. The van der Waals surface area contributed by atoms with Crippen molar-refractivity contribution in [3.8, 4) is 5.75 Å². The first-order chi connectivity index (χ1) is 8.70. The summed E-state index contributed by atoms with van der Waals surface area (Å²) in [6.45, 7) is 3.18. The summed E-state index contributed by atoms with van der Waals surface area (Å²) >= 11 is 0. The molecule has 1 saturated carbocycles. The lowest BCUT2D eigenvalue weighted by atomic mass is 10.1. The van der Waals surface area contributed by atoms with Gasteiger partial charge in [-0.2, -0.15) is 0 Å². The number of nitrogen functional groups attached to an aromatic ring is 1. The van der Waals surface area contributed by atoms with E-state index < -0.39 is 0 Å². The molecular weight excluding hydrogens is 228 g/mol. The van der Waals surface area contributed by atoms with E-state index in [0.717, 1.165) is 12.3 Å². The minimum Gasteiger partial charge on any atom is -0.491 e. The van der Waals surface area contributed by atoms with E-state index in [0.29, 0.717) is 30.2 Å². The lowest BCUT2D eigenvalue weighted by molar-refractivity contribution is 0.0955. The number of carbonyl (C=O) groups is 1. The van der Waals surface area contributed by atoms with Crippen molar-refractivity contribution < 1.29 is 9.53 Å². The van der Waals surface area contributed by atoms with E-state index in [-0.39, 0.29) is 5.91 Å². The lowest BCUT2D eigenvalue weighted by Crippen LogP contribution is -2.22. The van der Waals surface area contributed by atoms with Crippen LogP contribution in [0, 0.1) is 5.92 Å². The van der Waals surface area contributed by atoms with Gasteiger partial charge in [0.2, 0.25) is 0 Å². The molecule has 1 aliphatic rings. The summed E-state index contributed by atoms with van der Waals surface area (Å²) in [5.41, 5.74) is 7.01. The molecule has 0 aromatic heterocycles. The third kappa shape index (κ3) is 3.39. The Morgan fingerprint density at radius 1 is 1.50 bits per heavy atom. The predicted molar refractivity (Wildman–Crippen MR) is 71.7 cm³/mol. The molecule has 0 radical (unpaired) electrons. The van der Waals surface area contributed by atoms with Crippen LogP contribution in [0.25, 0.3) is 0 Å². The molecular formula is C14H20N2O2. The summed E-state index contributed by atoms with van der Waals surface area (Å²) in [5, 5.41) is 2.76. The van der Waals surface area contributed by atoms with E-state index in [9.17, 15) is 4.79 Å². The van der Waals surface area contributed by atoms with Crippen LogP contribution in [0.3, 0.4) is 0 Å². The number of nitrogens with two attached hydrogens (primary N) is 1. The van der Waals surface area contributed by atoms with Gasteiger partial charge in [-0.25, -0.2) is 0 Å². The van der Waals surface area contributed by atoms with Gasteiger partial charge < -0.3 is 15.8 Å². The van der Waals surface area contributed by atoms with Crippen LogP contribution in [0.15, 0.2) is 18.2 Å². The van der Waals surface area contributed by atoms with Crippen LogP contribution in [0.1, 0.15) is 36.5 Å². The average Bonchev–Trinajstić information content (AvgIpc) is 3.16. The zero-order valence-electron chi connectivity index (χ0n) is 10.7. The van der Waals surface area contributed by atoms with Gasteiger partial charge >= 0.3 is 0 Å². The SMILES string of the molecule is CCNC(=O)c1ccc(N)c(OCCC2CC2)c1. The van der Waals surface area contributed by atoms with Crippen molar-refractivity contribution in [2.75, 3.05) is 18.9 Å². The van der Waals surface area contributed by atoms with Crippen molar-refractivity contribution >= 4 is 11.6 Å². The number of nitrogens with one attached hydrogen (secondary N) is 1. The summed E-state index contributed by atoms with van der Waals surface area (Å²) in [5.74, 6) is 1.35. The number of anilines is 1. The first kappa shape index (κ1) is 12.7. The number of carbonyl (C=O) groups excluding carboxylic acids is 1. The van der Waals surface area contributed by atoms with Crippen molar-refractivity contribution in [2.24, 2.45) is 5.92 Å². The molecule has 1 aromatic carbocycles. The zero-order chi connectivity index (χ0) is 13.0. The van der Waals surface area contributed by atoms with Gasteiger partial charge in [-0.15, -0.1) is 0 Å². The smallest absolute Gasteiger partial charge is 0.251 e. The molecule has 3 N–H and O–H groups in total.